The number of hydrogen-bond acceptors (Lipinski definition) is 4. The zero-order chi connectivity index (χ0) is 11.8. The number of nitrogens with one attached hydrogen (secondary N) is 1. The molecule has 0 spiro atoms. The minimum absolute atomic E-state index is 0.232. The van der Waals surface area contributed by atoms with Gasteiger partial charge in [0.05, 0.1) is 0 Å². The second-order valence-corrected chi connectivity index (χ2v) is 3.80. The highest BCUT2D eigenvalue weighted by Crippen LogP contribution is 2.39. The van der Waals surface area contributed by atoms with Gasteiger partial charge in [0.15, 0.2) is 0 Å². The number of alkyl halides is 3. The highest BCUT2D eigenvalue weighted by Gasteiger charge is 2.31. The number of halogens is 3. The Hall–Kier alpha value is -1.37. The summed E-state index contributed by atoms with van der Waals surface area (Å²) in [5, 5.41) is 0. The summed E-state index contributed by atoms with van der Waals surface area (Å²) < 4.78 is 36.6. The van der Waals surface area contributed by atoms with Gasteiger partial charge in [-0.05, 0) is 12.8 Å². The van der Waals surface area contributed by atoms with Gasteiger partial charge in [0, 0.05) is 17.7 Å². The average molecular weight is 232 g/mol. The lowest BCUT2D eigenvalue weighted by Gasteiger charge is -2.08. The van der Waals surface area contributed by atoms with Gasteiger partial charge in [-0.2, -0.15) is 13.2 Å². The van der Waals surface area contributed by atoms with E-state index in [9.17, 15) is 13.2 Å². The summed E-state index contributed by atoms with van der Waals surface area (Å²) in [6, 6.07) is 1.59. The van der Waals surface area contributed by atoms with Crippen molar-refractivity contribution in [3.05, 3.63) is 17.6 Å². The van der Waals surface area contributed by atoms with Gasteiger partial charge < -0.3 is 5.43 Å². The van der Waals surface area contributed by atoms with E-state index in [1.807, 2.05) is 0 Å². The van der Waals surface area contributed by atoms with Gasteiger partial charge in [-0.3, -0.25) is 0 Å². The predicted octanol–water partition coefficient (Wildman–Crippen LogP) is 1.74. The molecule has 0 amide bonds. The zero-order valence-corrected chi connectivity index (χ0v) is 8.38. The predicted molar refractivity (Wildman–Crippen MR) is 51.6 cm³/mol. The fourth-order valence-electron chi connectivity index (χ4n) is 1.44. The number of hydrazine groups is 1. The maximum absolute atomic E-state index is 12.2. The third-order valence-corrected chi connectivity index (χ3v) is 2.29. The van der Waals surface area contributed by atoms with E-state index in [1.54, 1.807) is 6.07 Å². The molecule has 1 aliphatic rings. The molecular formula is C9H11F3N4. The normalized spacial score (nSPS) is 16.2. The van der Waals surface area contributed by atoms with Crippen LogP contribution in [0.15, 0.2) is 6.07 Å². The summed E-state index contributed by atoms with van der Waals surface area (Å²) in [7, 11) is 0. The van der Waals surface area contributed by atoms with Crippen LogP contribution in [-0.2, 0) is 6.42 Å². The van der Waals surface area contributed by atoms with Gasteiger partial charge in [-0.1, -0.05) is 0 Å². The van der Waals surface area contributed by atoms with E-state index in [1.165, 1.54) is 0 Å². The molecule has 0 bridgehead atoms. The molecule has 0 radical (unpaired) electrons. The second kappa shape index (κ2) is 3.89. The summed E-state index contributed by atoms with van der Waals surface area (Å²) in [6.07, 6.45) is -3.49. The first-order chi connectivity index (χ1) is 7.48. The van der Waals surface area contributed by atoms with E-state index in [4.69, 9.17) is 5.84 Å². The van der Waals surface area contributed by atoms with Crippen molar-refractivity contribution < 1.29 is 13.2 Å². The SMILES string of the molecule is NNc1cc(C2CC2)nc(CC(F)(F)F)n1. The van der Waals surface area contributed by atoms with Crippen LogP contribution in [0.5, 0.6) is 0 Å². The molecule has 2 rings (SSSR count). The van der Waals surface area contributed by atoms with Crippen LogP contribution in [0.1, 0.15) is 30.3 Å². The molecule has 1 aromatic rings. The van der Waals surface area contributed by atoms with Gasteiger partial charge in [-0.25, -0.2) is 15.8 Å². The highest BCUT2D eigenvalue weighted by atomic mass is 19.4. The molecule has 88 valence electrons. The summed E-state index contributed by atoms with van der Waals surface area (Å²) in [5.41, 5.74) is 2.90. The van der Waals surface area contributed by atoms with E-state index in [0.29, 0.717) is 5.69 Å². The number of nitrogens with zero attached hydrogens (tertiary/aromatic N) is 2. The third kappa shape index (κ3) is 2.82. The van der Waals surface area contributed by atoms with Gasteiger partial charge in [0.25, 0.3) is 0 Å². The Kier molecular flexibility index (Phi) is 2.71. The van der Waals surface area contributed by atoms with Crippen LogP contribution in [0.4, 0.5) is 19.0 Å². The fraction of sp³-hybridized carbons (Fsp3) is 0.556. The Bertz CT molecular complexity index is 387. The Morgan fingerprint density at radius 1 is 1.38 bits per heavy atom. The first-order valence-electron chi connectivity index (χ1n) is 4.89. The van der Waals surface area contributed by atoms with Crippen molar-refractivity contribution >= 4 is 5.82 Å². The van der Waals surface area contributed by atoms with Crippen LogP contribution < -0.4 is 11.3 Å². The molecule has 1 fully saturated rings. The standard InChI is InChI=1S/C9H11F3N4/c10-9(11,12)4-8-14-6(5-1-2-5)3-7(15-8)16-13/h3,5H,1-2,4,13H2,(H,14,15,16). The first kappa shape index (κ1) is 11.1. The Morgan fingerprint density at radius 3 is 2.56 bits per heavy atom. The van der Waals surface area contributed by atoms with Crippen molar-refractivity contribution in [3.8, 4) is 0 Å². The molecular weight excluding hydrogens is 221 g/mol. The van der Waals surface area contributed by atoms with E-state index < -0.39 is 12.6 Å². The van der Waals surface area contributed by atoms with Crippen LogP contribution in [-0.4, -0.2) is 16.1 Å². The second-order valence-electron chi connectivity index (χ2n) is 3.80. The van der Waals surface area contributed by atoms with Gasteiger partial charge in [0.1, 0.15) is 18.1 Å². The molecule has 0 aliphatic heterocycles. The number of aromatic nitrogens is 2. The molecule has 1 heterocycles. The Morgan fingerprint density at radius 2 is 2.06 bits per heavy atom. The number of hydrogen-bond donors (Lipinski definition) is 2. The van der Waals surface area contributed by atoms with E-state index >= 15 is 0 Å². The number of nitrogens with two attached hydrogens (primary N) is 1. The number of rotatable bonds is 3. The summed E-state index contributed by atoms with van der Waals surface area (Å²) in [5.74, 6) is 5.42. The van der Waals surface area contributed by atoms with Gasteiger partial charge in [0.2, 0.25) is 0 Å². The van der Waals surface area contributed by atoms with Crippen LogP contribution >= 0.6 is 0 Å². The molecule has 1 saturated carbocycles. The van der Waals surface area contributed by atoms with Crippen molar-refractivity contribution in [1.29, 1.82) is 0 Å². The minimum atomic E-state index is -4.30. The molecule has 7 heteroatoms. The van der Waals surface area contributed by atoms with Crippen LogP contribution in [0.25, 0.3) is 0 Å². The van der Waals surface area contributed by atoms with Crippen molar-refractivity contribution in [3.63, 3.8) is 0 Å². The molecule has 1 aromatic heterocycles. The highest BCUT2D eigenvalue weighted by molar-refractivity contribution is 5.36. The molecule has 0 unspecified atom stereocenters. The Labute approximate surface area is 90.0 Å². The third-order valence-electron chi connectivity index (χ3n) is 2.29. The quantitative estimate of drug-likeness (QED) is 0.615. The minimum Gasteiger partial charge on any atom is -0.308 e. The van der Waals surface area contributed by atoms with Crippen molar-refractivity contribution in [2.24, 2.45) is 5.84 Å². The fourth-order valence-corrected chi connectivity index (χ4v) is 1.44. The number of anilines is 1. The lowest BCUT2D eigenvalue weighted by molar-refractivity contribution is -0.128. The van der Waals surface area contributed by atoms with Crippen LogP contribution in [0.3, 0.4) is 0 Å². The lowest BCUT2D eigenvalue weighted by Crippen LogP contribution is -2.17. The van der Waals surface area contributed by atoms with E-state index in [0.717, 1.165) is 12.8 Å². The lowest BCUT2D eigenvalue weighted by atomic mass is 10.2. The van der Waals surface area contributed by atoms with Crippen LogP contribution in [0.2, 0.25) is 0 Å². The molecule has 1 aliphatic carbocycles. The molecule has 0 atom stereocenters. The zero-order valence-electron chi connectivity index (χ0n) is 8.38. The van der Waals surface area contributed by atoms with Gasteiger partial charge in [-0.15, -0.1) is 0 Å². The van der Waals surface area contributed by atoms with Crippen LogP contribution in [0, 0.1) is 0 Å². The van der Waals surface area contributed by atoms with Crippen molar-refractivity contribution in [2.45, 2.75) is 31.4 Å². The van der Waals surface area contributed by atoms with Crippen molar-refractivity contribution in [2.75, 3.05) is 5.43 Å². The van der Waals surface area contributed by atoms with Gasteiger partial charge >= 0.3 is 6.18 Å². The molecule has 0 aromatic carbocycles. The maximum Gasteiger partial charge on any atom is 0.396 e. The Balaban J connectivity index is 2.25. The topological polar surface area (TPSA) is 63.8 Å². The molecule has 16 heavy (non-hydrogen) atoms. The summed E-state index contributed by atoms with van der Waals surface area (Å²) >= 11 is 0. The number of nitrogen functional groups attached to an aromatic ring is 1. The molecule has 3 N–H and O–H groups in total. The molecule has 4 nitrogen and oxygen atoms in total. The molecule has 0 saturated heterocycles. The summed E-state index contributed by atoms with van der Waals surface area (Å²) in [4.78, 5) is 7.58. The monoisotopic (exact) mass is 232 g/mol. The maximum atomic E-state index is 12.2. The van der Waals surface area contributed by atoms with E-state index in [-0.39, 0.29) is 17.6 Å². The van der Waals surface area contributed by atoms with E-state index in [2.05, 4.69) is 15.4 Å². The smallest absolute Gasteiger partial charge is 0.308 e. The first-order valence-corrected chi connectivity index (χ1v) is 4.89. The van der Waals surface area contributed by atoms with Crippen molar-refractivity contribution in [1.82, 2.24) is 9.97 Å². The average Bonchev–Trinajstić information content (AvgIpc) is 2.97. The largest absolute Gasteiger partial charge is 0.396 e. The summed E-state index contributed by atoms with van der Waals surface area (Å²) in [6.45, 7) is 0.